The van der Waals surface area contributed by atoms with Crippen LogP contribution in [0.25, 0.3) is 11.1 Å². The minimum absolute atomic E-state index is 0.0472. The molecule has 2 aromatic carbocycles. The first-order valence-corrected chi connectivity index (χ1v) is 7.44. The lowest BCUT2D eigenvalue weighted by atomic mass is 10.0. The second-order valence-electron chi connectivity index (χ2n) is 5.46. The molecule has 3 heteroatoms. The summed E-state index contributed by atoms with van der Waals surface area (Å²) in [6, 6.07) is 15.7. The van der Waals surface area contributed by atoms with Crippen LogP contribution in [0, 0.1) is 12.8 Å². The average Bonchev–Trinajstić information content (AvgIpc) is 2.48. The van der Waals surface area contributed by atoms with E-state index in [4.69, 9.17) is 16.3 Å². The van der Waals surface area contributed by atoms with Gasteiger partial charge in [0.2, 0.25) is 0 Å². The van der Waals surface area contributed by atoms with Gasteiger partial charge in [-0.25, -0.2) is 0 Å². The lowest BCUT2D eigenvalue weighted by Gasteiger charge is -2.12. The molecule has 2 rings (SSSR count). The molecule has 0 heterocycles. The normalized spacial score (nSPS) is 12.2. The number of benzene rings is 2. The summed E-state index contributed by atoms with van der Waals surface area (Å²) in [5.74, 6) is 0.155. The monoisotopic (exact) mass is 302 g/mol. The molecule has 0 bridgehead atoms. The molecule has 0 aliphatic rings. The van der Waals surface area contributed by atoms with E-state index in [1.54, 1.807) is 12.1 Å². The molecule has 0 aromatic heterocycles. The molecule has 0 spiro atoms. The van der Waals surface area contributed by atoms with Crippen molar-refractivity contribution in [3.63, 3.8) is 0 Å². The summed E-state index contributed by atoms with van der Waals surface area (Å²) in [6.45, 7) is 5.84. The van der Waals surface area contributed by atoms with Crippen LogP contribution < -0.4 is 4.74 Å². The van der Waals surface area contributed by atoms with E-state index in [1.807, 2.05) is 26.0 Å². The Hall–Kier alpha value is -1.80. The molecule has 2 aromatic rings. The van der Waals surface area contributed by atoms with Crippen LogP contribution in [0.3, 0.4) is 0 Å². The van der Waals surface area contributed by atoms with Crippen LogP contribution in [0.4, 0.5) is 0 Å². The second-order valence-corrected chi connectivity index (χ2v) is 5.93. The molecule has 0 saturated carbocycles. The zero-order valence-electron chi connectivity index (χ0n) is 12.5. The van der Waals surface area contributed by atoms with E-state index < -0.39 is 11.3 Å². The molecule has 1 unspecified atom stereocenters. The first kappa shape index (κ1) is 15.6. The molecule has 2 nitrogen and oxygen atoms in total. The average molecular weight is 303 g/mol. The summed E-state index contributed by atoms with van der Waals surface area (Å²) in [5.41, 5.74) is 3.45. The summed E-state index contributed by atoms with van der Waals surface area (Å²) in [4.78, 5) is 11.8. The van der Waals surface area contributed by atoms with Crippen molar-refractivity contribution in [1.29, 1.82) is 0 Å². The number of hydrogen-bond acceptors (Lipinski definition) is 2. The number of rotatable bonds is 4. The van der Waals surface area contributed by atoms with Crippen LogP contribution in [0.1, 0.15) is 19.4 Å². The summed E-state index contributed by atoms with van der Waals surface area (Å²) in [6.07, 6.45) is 0. The van der Waals surface area contributed by atoms with Crippen molar-refractivity contribution in [3.8, 4) is 16.9 Å². The maximum Gasteiger partial charge on any atom is 0.329 e. The summed E-state index contributed by atoms with van der Waals surface area (Å²) < 4.78 is 5.28. The molecule has 1 atom stereocenters. The SMILES string of the molecule is Cc1ccc(-c2ccc(OC(=O)C(Cl)C(C)C)cc2)cc1. The Bertz CT molecular complexity index is 600. The molecule has 0 radical (unpaired) electrons. The van der Waals surface area contributed by atoms with Crippen molar-refractivity contribution in [3.05, 3.63) is 54.1 Å². The molecule has 0 aliphatic carbocycles. The number of halogens is 1. The minimum Gasteiger partial charge on any atom is -0.425 e. The van der Waals surface area contributed by atoms with E-state index in [9.17, 15) is 4.79 Å². The maximum absolute atomic E-state index is 11.8. The largest absolute Gasteiger partial charge is 0.425 e. The first-order chi connectivity index (χ1) is 9.97. The first-order valence-electron chi connectivity index (χ1n) is 7.00. The third-order valence-electron chi connectivity index (χ3n) is 3.27. The Kier molecular flexibility index (Phi) is 5.03. The Labute approximate surface area is 130 Å². The van der Waals surface area contributed by atoms with Gasteiger partial charge >= 0.3 is 5.97 Å². The van der Waals surface area contributed by atoms with Crippen molar-refractivity contribution in [2.24, 2.45) is 5.92 Å². The molecular formula is C18H19ClO2. The maximum atomic E-state index is 11.8. The highest BCUT2D eigenvalue weighted by Crippen LogP contribution is 2.23. The predicted octanol–water partition coefficient (Wildman–Crippen LogP) is 4.83. The highest BCUT2D eigenvalue weighted by Gasteiger charge is 2.21. The van der Waals surface area contributed by atoms with Crippen molar-refractivity contribution >= 4 is 17.6 Å². The van der Waals surface area contributed by atoms with Crippen LogP contribution >= 0.6 is 11.6 Å². The van der Waals surface area contributed by atoms with Gasteiger partial charge in [-0.05, 0) is 36.1 Å². The number of carbonyl (C=O) groups excluding carboxylic acids is 1. The lowest BCUT2D eigenvalue weighted by Crippen LogP contribution is -2.25. The Morgan fingerprint density at radius 3 is 1.90 bits per heavy atom. The standard InChI is InChI=1S/C18H19ClO2/c1-12(2)17(19)18(20)21-16-10-8-15(9-11-16)14-6-4-13(3)5-7-14/h4-12,17H,1-3H3. The van der Waals surface area contributed by atoms with Gasteiger partial charge in [-0.2, -0.15) is 0 Å². The number of hydrogen-bond donors (Lipinski definition) is 0. The van der Waals surface area contributed by atoms with Gasteiger partial charge in [-0.3, -0.25) is 4.79 Å². The van der Waals surface area contributed by atoms with Gasteiger partial charge in [0.1, 0.15) is 11.1 Å². The second kappa shape index (κ2) is 6.77. The number of aryl methyl sites for hydroxylation is 1. The van der Waals surface area contributed by atoms with Gasteiger partial charge in [-0.1, -0.05) is 55.8 Å². The zero-order chi connectivity index (χ0) is 15.4. The van der Waals surface area contributed by atoms with Crippen molar-refractivity contribution in [1.82, 2.24) is 0 Å². The molecule has 110 valence electrons. The van der Waals surface area contributed by atoms with Crippen LogP contribution in [0.15, 0.2) is 48.5 Å². The van der Waals surface area contributed by atoms with Gasteiger partial charge in [0.25, 0.3) is 0 Å². The van der Waals surface area contributed by atoms with Crippen molar-refractivity contribution in [2.75, 3.05) is 0 Å². The fourth-order valence-corrected chi connectivity index (χ4v) is 1.95. The molecular weight excluding hydrogens is 284 g/mol. The zero-order valence-corrected chi connectivity index (χ0v) is 13.2. The molecule has 0 fully saturated rings. The fraction of sp³-hybridized carbons (Fsp3) is 0.278. The van der Waals surface area contributed by atoms with E-state index >= 15 is 0 Å². The van der Waals surface area contributed by atoms with Crippen molar-refractivity contribution in [2.45, 2.75) is 26.1 Å². The number of carbonyl (C=O) groups is 1. The van der Waals surface area contributed by atoms with E-state index in [0.717, 1.165) is 11.1 Å². The Balaban J connectivity index is 2.09. The van der Waals surface area contributed by atoms with E-state index in [1.165, 1.54) is 5.56 Å². The van der Waals surface area contributed by atoms with Crippen LogP contribution in [0.5, 0.6) is 5.75 Å². The van der Waals surface area contributed by atoms with Gasteiger partial charge < -0.3 is 4.74 Å². The number of esters is 1. The van der Waals surface area contributed by atoms with Crippen LogP contribution in [-0.4, -0.2) is 11.3 Å². The third kappa shape index (κ3) is 4.08. The summed E-state index contributed by atoms with van der Waals surface area (Å²) in [7, 11) is 0. The Morgan fingerprint density at radius 1 is 0.952 bits per heavy atom. The lowest BCUT2D eigenvalue weighted by molar-refractivity contribution is -0.134. The third-order valence-corrected chi connectivity index (χ3v) is 3.95. The quantitative estimate of drug-likeness (QED) is 0.459. The van der Waals surface area contributed by atoms with Gasteiger partial charge in [0.05, 0.1) is 0 Å². The van der Waals surface area contributed by atoms with Gasteiger partial charge in [0, 0.05) is 0 Å². The number of alkyl halides is 1. The fourth-order valence-electron chi connectivity index (χ4n) is 1.91. The highest BCUT2D eigenvalue weighted by atomic mass is 35.5. The molecule has 0 amide bonds. The predicted molar refractivity (Wildman–Crippen MR) is 86.7 cm³/mol. The summed E-state index contributed by atoms with van der Waals surface area (Å²) >= 11 is 5.98. The number of ether oxygens (including phenoxy) is 1. The minimum atomic E-state index is -0.623. The Morgan fingerprint density at radius 2 is 1.43 bits per heavy atom. The van der Waals surface area contributed by atoms with E-state index in [0.29, 0.717) is 5.75 Å². The van der Waals surface area contributed by atoms with Gasteiger partial charge in [0.15, 0.2) is 0 Å². The summed E-state index contributed by atoms with van der Waals surface area (Å²) in [5, 5.41) is -0.623. The van der Waals surface area contributed by atoms with Gasteiger partial charge in [-0.15, -0.1) is 11.6 Å². The smallest absolute Gasteiger partial charge is 0.329 e. The topological polar surface area (TPSA) is 26.3 Å². The molecule has 0 aliphatic heterocycles. The molecule has 21 heavy (non-hydrogen) atoms. The van der Waals surface area contributed by atoms with E-state index in [-0.39, 0.29) is 5.92 Å². The highest BCUT2D eigenvalue weighted by molar-refractivity contribution is 6.30. The van der Waals surface area contributed by atoms with Crippen LogP contribution in [0.2, 0.25) is 0 Å². The van der Waals surface area contributed by atoms with Crippen LogP contribution in [-0.2, 0) is 4.79 Å². The van der Waals surface area contributed by atoms with E-state index in [2.05, 4.69) is 31.2 Å². The molecule has 0 saturated heterocycles. The van der Waals surface area contributed by atoms with Crippen molar-refractivity contribution < 1.29 is 9.53 Å². The molecule has 0 N–H and O–H groups in total.